The second kappa shape index (κ2) is 15.7. The second-order valence-electron chi connectivity index (χ2n) is 7.42. The van der Waals surface area contributed by atoms with Crippen LogP contribution < -0.4 is 16.0 Å². The standard InChI is InChI=1S/C20H28I3N3O9/c1-8(29)17(11(32)7-35-2)26-18-15(22)12(19(33)24-3-9(30)5-27)14(21)13(16(18)23)20(34)25-4-10(31)6-28/h9-11,17,26-28,30-32H,3-7H2,1-2H3,(H,24,33)(H,25,34). The van der Waals surface area contributed by atoms with Crippen molar-refractivity contribution in [2.75, 3.05) is 45.3 Å². The van der Waals surface area contributed by atoms with Gasteiger partial charge in [0.25, 0.3) is 11.8 Å². The third-order valence-corrected chi connectivity index (χ3v) is 7.89. The second-order valence-corrected chi connectivity index (χ2v) is 10.7. The van der Waals surface area contributed by atoms with Crippen molar-refractivity contribution in [3.05, 3.63) is 21.8 Å². The first-order valence-corrected chi connectivity index (χ1v) is 13.4. The number of carbonyl (C=O) groups excluding carboxylic acids is 3. The third-order valence-electron chi connectivity index (χ3n) is 4.65. The van der Waals surface area contributed by atoms with E-state index in [9.17, 15) is 29.7 Å². The molecule has 4 atom stereocenters. The van der Waals surface area contributed by atoms with Gasteiger partial charge in [-0.3, -0.25) is 14.4 Å². The van der Waals surface area contributed by atoms with Crippen LogP contribution in [0.15, 0.2) is 0 Å². The molecule has 2 amide bonds. The Labute approximate surface area is 243 Å². The van der Waals surface area contributed by atoms with Gasteiger partial charge in [0.1, 0.15) is 12.1 Å². The lowest BCUT2D eigenvalue weighted by Crippen LogP contribution is -2.43. The number of benzene rings is 1. The predicted molar refractivity (Wildman–Crippen MR) is 151 cm³/mol. The quantitative estimate of drug-likeness (QED) is 0.108. The number of ketones is 1. The number of aliphatic hydroxyl groups is 5. The van der Waals surface area contributed by atoms with Crippen LogP contribution in [-0.2, 0) is 9.53 Å². The Morgan fingerprint density at radius 3 is 1.63 bits per heavy atom. The number of aliphatic hydroxyl groups excluding tert-OH is 5. The summed E-state index contributed by atoms with van der Waals surface area (Å²) in [6.07, 6.45) is -3.60. The molecule has 0 saturated carbocycles. The molecule has 0 spiro atoms. The molecule has 12 nitrogen and oxygen atoms in total. The van der Waals surface area contributed by atoms with Crippen LogP contribution >= 0.6 is 67.8 Å². The molecule has 15 heteroatoms. The van der Waals surface area contributed by atoms with Gasteiger partial charge in [-0.25, -0.2) is 0 Å². The fourth-order valence-electron chi connectivity index (χ4n) is 2.81. The van der Waals surface area contributed by atoms with Crippen LogP contribution in [0.25, 0.3) is 0 Å². The highest BCUT2D eigenvalue weighted by atomic mass is 127. The molecule has 198 valence electrons. The van der Waals surface area contributed by atoms with E-state index in [2.05, 4.69) is 16.0 Å². The predicted octanol–water partition coefficient (Wildman–Crippen LogP) is -0.957. The van der Waals surface area contributed by atoms with E-state index in [1.165, 1.54) is 14.0 Å². The van der Waals surface area contributed by atoms with Gasteiger partial charge in [-0.2, -0.15) is 0 Å². The number of Topliss-reactive ketones (excluding diaryl/α,β-unsaturated/α-hetero) is 1. The first kappa shape index (κ1) is 32.6. The summed E-state index contributed by atoms with van der Waals surface area (Å²) in [4.78, 5) is 38.3. The molecule has 0 bridgehead atoms. The van der Waals surface area contributed by atoms with Crippen molar-refractivity contribution in [3.63, 3.8) is 0 Å². The maximum atomic E-state index is 13.0. The van der Waals surface area contributed by atoms with Gasteiger partial charge >= 0.3 is 0 Å². The van der Waals surface area contributed by atoms with Crippen molar-refractivity contribution >= 4 is 91.1 Å². The van der Waals surface area contributed by atoms with Gasteiger partial charge in [-0.1, -0.05) is 0 Å². The Bertz CT molecular complexity index is 867. The van der Waals surface area contributed by atoms with Crippen LogP contribution in [0, 0.1) is 10.7 Å². The SMILES string of the molecule is COCC(O)C(Nc1c(I)c(C(=O)NCC(O)CO)c(I)c(C(=O)NCC(O)CO)c1I)C(C)=O. The summed E-state index contributed by atoms with van der Waals surface area (Å²) >= 11 is 5.59. The molecular formula is C20H28I3N3O9. The first-order chi connectivity index (χ1) is 16.4. The number of hydrogen-bond donors (Lipinski definition) is 8. The molecule has 1 aromatic carbocycles. The van der Waals surface area contributed by atoms with Gasteiger partial charge in [0.2, 0.25) is 0 Å². The lowest BCUT2D eigenvalue weighted by Gasteiger charge is -2.26. The largest absolute Gasteiger partial charge is 0.394 e. The molecular weight excluding hydrogens is 807 g/mol. The maximum absolute atomic E-state index is 13.0. The number of methoxy groups -OCH3 is 1. The molecule has 0 heterocycles. The van der Waals surface area contributed by atoms with E-state index in [0.29, 0.717) is 7.14 Å². The van der Waals surface area contributed by atoms with Gasteiger partial charge in [0.15, 0.2) is 5.78 Å². The summed E-state index contributed by atoms with van der Waals surface area (Å²) in [6.45, 7) is -0.491. The highest BCUT2D eigenvalue weighted by Crippen LogP contribution is 2.36. The number of amides is 2. The fourth-order valence-corrected chi connectivity index (χ4v) is 7.27. The Balaban J connectivity index is 3.63. The molecule has 8 N–H and O–H groups in total. The van der Waals surface area contributed by atoms with Crippen LogP contribution in [0.5, 0.6) is 0 Å². The Hall–Kier alpha value is -0.420. The van der Waals surface area contributed by atoms with E-state index in [4.69, 9.17) is 14.9 Å². The average Bonchev–Trinajstić information content (AvgIpc) is 2.80. The third kappa shape index (κ3) is 9.13. The smallest absolute Gasteiger partial charge is 0.253 e. The van der Waals surface area contributed by atoms with Crippen LogP contribution in [0.4, 0.5) is 5.69 Å². The van der Waals surface area contributed by atoms with E-state index in [1.807, 2.05) is 67.8 Å². The van der Waals surface area contributed by atoms with Gasteiger partial charge in [-0.15, -0.1) is 0 Å². The van der Waals surface area contributed by atoms with Crippen LogP contribution in [-0.4, -0.2) is 108 Å². The van der Waals surface area contributed by atoms with Gasteiger partial charge in [0, 0.05) is 23.8 Å². The molecule has 0 aliphatic heterocycles. The van der Waals surface area contributed by atoms with Gasteiger partial charge in [0.05, 0.1) is 56.0 Å². The summed E-state index contributed by atoms with van der Waals surface area (Å²) < 4.78 is 5.88. The minimum Gasteiger partial charge on any atom is -0.394 e. The maximum Gasteiger partial charge on any atom is 0.253 e. The summed E-state index contributed by atoms with van der Waals surface area (Å²) in [5, 5.41) is 55.6. The van der Waals surface area contributed by atoms with Crippen LogP contribution in [0.2, 0.25) is 0 Å². The Morgan fingerprint density at radius 1 is 0.857 bits per heavy atom. The lowest BCUT2D eigenvalue weighted by molar-refractivity contribution is -0.120. The van der Waals surface area contributed by atoms with Gasteiger partial charge < -0.3 is 46.2 Å². The lowest BCUT2D eigenvalue weighted by atomic mass is 10.0. The zero-order chi connectivity index (χ0) is 26.9. The molecule has 1 rings (SSSR count). The molecule has 0 fully saturated rings. The topological polar surface area (TPSA) is 198 Å². The highest BCUT2D eigenvalue weighted by Gasteiger charge is 2.31. The summed E-state index contributed by atoms with van der Waals surface area (Å²) in [6, 6.07) is -1.11. The normalized spacial score (nSPS) is 14.6. The molecule has 0 aliphatic rings. The molecule has 0 aliphatic carbocycles. The minimum absolute atomic E-state index is 0.0654. The van der Waals surface area contributed by atoms with Crippen molar-refractivity contribution in [3.8, 4) is 0 Å². The Kier molecular flexibility index (Phi) is 14.7. The molecule has 0 radical (unpaired) electrons. The monoisotopic (exact) mass is 835 g/mol. The number of halogens is 3. The molecule has 0 aromatic heterocycles. The summed E-state index contributed by atoms with van der Waals surface area (Å²) in [5.74, 6) is -1.70. The van der Waals surface area contributed by atoms with Crippen molar-refractivity contribution in [1.82, 2.24) is 10.6 Å². The van der Waals surface area contributed by atoms with Gasteiger partial charge in [-0.05, 0) is 74.7 Å². The number of carbonyl (C=O) groups is 3. The van der Waals surface area contributed by atoms with E-state index < -0.39 is 55.2 Å². The molecule has 35 heavy (non-hydrogen) atoms. The first-order valence-electron chi connectivity index (χ1n) is 10.2. The number of ether oxygens (including phenoxy) is 1. The van der Waals surface area contributed by atoms with Crippen molar-refractivity contribution in [2.24, 2.45) is 0 Å². The number of anilines is 1. The number of rotatable bonds is 14. The minimum atomic E-state index is -1.22. The summed E-state index contributed by atoms with van der Waals surface area (Å²) in [5.41, 5.74) is 0.369. The van der Waals surface area contributed by atoms with E-state index >= 15 is 0 Å². The molecule has 4 unspecified atom stereocenters. The van der Waals surface area contributed by atoms with Crippen LogP contribution in [0.1, 0.15) is 27.6 Å². The van der Waals surface area contributed by atoms with Crippen molar-refractivity contribution < 1.29 is 44.7 Å². The van der Waals surface area contributed by atoms with E-state index in [1.54, 1.807) is 0 Å². The molecule has 0 saturated heterocycles. The van der Waals surface area contributed by atoms with Crippen molar-refractivity contribution in [1.29, 1.82) is 0 Å². The zero-order valence-electron chi connectivity index (χ0n) is 18.8. The summed E-state index contributed by atoms with van der Waals surface area (Å²) in [7, 11) is 1.37. The van der Waals surface area contributed by atoms with E-state index in [-0.39, 0.29) is 40.1 Å². The van der Waals surface area contributed by atoms with E-state index in [0.717, 1.165) is 0 Å². The average molecular weight is 835 g/mol. The van der Waals surface area contributed by atoms with Crippen LogP contribution in [0.3, 0.4) is 0 Å². The fraction of sp³-hybridized carbons (Fsp3) is 0.550. The zero-order valence-corrected chi connectivity index (χ0v) is 25.3. The number of hydrogen-bond acceptors (Lipinski definition) is 10. The molecule has 1 aromatic rings. The number of nitrogens with one attached hydrogen (secondary N) is 3. The van der Waals surface area contributed by atoms with Crippen molar-refractivity contribution in [2.45, 2.75) is 31.3 Å². The highest BCUT2D eigenvalue weighted by molar-refractivity contribution is 14.1. The Morgan fingerprint density at radius 2 is 1.29 bits per heavy atom.